The highest BCUT2D eigenvalue weighted by atomic mass is 16.2. The van der Waals surface area contributed by atoms with Gasteiger partial charge in [-0.2, -0.15) is 0 Å². The zero-order valence-corrected chi connectivity index (χ0v) is 12.8. The Morgan fingerprint density at radius 3 is 2.48 bits per heavy atom. The fourth-order valence-corrected chi connectivity index (χ4v) is 2.93. The number of hydrogen-bond donors (Lipinski definition) is 0. The molecule has 1 atom stereocenters. The zero-order valence-electron chi connectivity index (χ0n) is 12.8. The summed E-state index contributed by atoms with van der Waals surface area (Å²) in [5.74, 6) is 0.210. The van der Waals surface area contributed by atoms with Gasteiger partial charge < -0.3 is 4.90 Å². The molecule has 0 saturated carbocycles. The Kier molecular flexibility index (Phi) is 4.60. The van der Waals surface area contributed by atoms with Crippen LogP contribution in [-0.2, 0) is 11.2 Å². The number of azide groups is 1. The van der Waals surface area contributed by atoms with Gasteiger partial charge in [0.05, 0.1) is 0 Å². The monoisotopic (exact) mass is 306 g/mol. The van der Waals surface area contributed by atoms with Crippen LogP contribution in [0.15, 0.2) is 59.7 Å². The average molecular weight is 306 g/mol. The highest BCUT2D eigenvalue weighted by molar-refractivity contribution is 5.95. The van der Waals surface area contributed by atoms with E-state index >= 15 is 0 Å². The van der Waals surface area contributed by atoms with E-state index in [2.05, 4.69) is 34.3 Å². The number of hydrogen-bond acceptors (Lipinski definition) is 2. The molecule has 0 bridgehead atoms. The summed E-state index contributed by atoms with van der Waals surface area (Å²) in [5.41, 5.74) is 11.8. The van der Waals surface area contributed by atoms with E-state index in [1.807, 2.05) is 30.3 Å². The molecule has 116 valence electrons. The SMILES string of the molecule is [N-]=[N+]=NCC1CC(=O)N(c2ccc(Cc3ccccc3)cc2)C1. The van der Waals surface area contributed by atoms with Crippen LogP contribution in [0.3, 0.4) is 0 Å². The van der Waals surface area contributed by atoms with E-state index in [4.69, 9.17) is 5.53 Å². The first kappa shape index (κ1) is 15.1. The summed E-state index contributed by atoms with van der Waals surface area (Å²) in [6.45, 7) is 1.00. The van der Waals surface area contributed by atoms with Crippen molar-refractivity contribution in [3.05, 3.63) is 76.2 Å². The van der Waals surface area contributed by atoms with E-state index < -0.39 is 0 Å². The van der Waals surface area contributed by atoms with Crippen LogP contribution in [0.4, 0.5) is 5.69 Å². The molecular formula is C18H18N4O. The number of anilines is 1. The van der Waals surface area contributed by atoms with E-state index in [0.29, 0.717) is 19.5 Å². The minimum absolute atomic E-state index is 0.0962. The van der Waals surface area contributed by atoms with Gasteiger partial charge in [-0.25, -0.2) is 0 Å². The Morgan fingerprint density at radius 2 is 1.78 bits per heavy atom. The molecule has 1 aliphatic heterocycles. The molecule has 0 radical (unpaired) electrons. The van der Waals surface area contributed by atoms with E-state index in [1.165, 1.54) is 11.1 Å². The maximum Gasteiger partial charge on any atom is 0.227 e. The topological polar surface area (TPSA) is 69.1 Å². The van der Waals surface area contributed by atoms with E-state index in [0.717, 1.165) is 12.1 Å². The van der Waals surface area contributed by atoms with Gasteiger partial charge in [0.15, 0.2) is 0 Å². The lowest BCUT2D eigenvalue weighted by Gasteiger charge is -2.17. The van der Waals surface area contributed by atoms with Crippen molar-refractivity contribution >= 4 is 11.6 Å². The Morgan fingerprint density at radius 1 is 1.09 bits per heavy atom. The predicted octanol–water partition coefficient (Wildman–Crippen LogP) is 3.94. The molecule has 5 heteroatoms. The van der Waals surface area contributed by atoms with Crippen molar-refractivity contribution in [1.82, 2.24) is 0 Å². The summed E-state index contributed by atoms with van der Waals surface area (Å²) in [6, 6.07) is 18.4. The molecule has 23 heavy (non-hydrogen) atoms. The van der Waals surface area contributed by atoms with Crippen LogP contribution in [0.1, 0.15) is 17.5 Å². The van der Waals surface area contributed by atoms with Gasteiger partial charge in [0.25, 0.3) is 0 Å². The molecule has 1 aliphatic rings. The summed E-state index contributed by atoms with van der Waals surface area (Å²) >= 11 is 0. The highest BCUT2D eigenvalue weighted by Crippen LogP contribution is 2.26. The van der Waals surface area contributed by atoms with Gasteiger partial charge in [-0.3, -0.25) is 4.79 Å². The van der Waals surface area contributed by atoms with Gasteiger partial charge in [-0.15, -0.1) is 0 Å². The van der Waals surface area contributed by atoms with E-state index in [9.17, 15) is 4.79 Å². The summed E-state index contributed by atoms with van der Waals surface area (Å²) < 4.78 is 0. The molecule has 0 spiro atoms. The van der Waals surface area contributed by atoms with Crippen LogP contribution in [0, 0.1) is 5.92 Å². The van der Waals surface area contributed by atoms with Crippen molar-refractivity contribution in [2.24, 2.45) is 11.0 Å². The first-order valence-electron chi connectivity index (χ1n) is 7.70. The van der Waals surface area contributed by atoms with Crippen molar-refractivity contribution in [3.63, 3.8) is 0 Å². The van der Waals surface area contributed by atoms with Crippen molar-refractivity contribution < 1.29 is 4.79 Å². The molecule has 1 saturated heterocycles. The van der Waals surface area contributed by atoms with Gasteiger partial charge >= 0.3 is 0 Å². The number of carbonyl (C=O) groups is 1. The lowest BCUT2D eigenvalue weighted by Crippen LogP contribution is -2.24. The second-order valence-electron chi connectivity index (χ2n) is 5.82. The van der Waals surface area contributed by atoms with Gasteiger partial charge in [0.1, 0.15) is 0 Å². The number of rotatable bonds is 5. The third kappa shape index (κ3) is 3.71. The molecule has 1 fully saturated rings. The summed E-state index contributed by atoms with van der Waals surface area (Å²) in [7, 11) is 0. The molecule has 2 aromatic rings. The van der Waals surface area contributed by atoms with Crippen LogP contribution in [0.5, 0.6) is 0 Å². The molecule has 1 heterocycles. The molecule has 3 rings (SSSR count). The fraction of sp³-hybridized carbons (Fsp3) is 0.278. The van der Waals surface area contributed by atoms with Crippen molar-refractivity contribution in [3.8, 4) is 0 Å². The molecular weight excluding hydrogens is 288 g/mol. The maximum absolute atomic E-state index is 12.1. The summed E-state index contributed by atoms with van der Waals surface area (Å²) in [6.07, 6.45) is 1.33. The Hall–Kier alpha value is -2.78. The molecule has 1 amide bonds. The number of amides is 1. The zero-order chi connectivity index (χ0) is 16.1. The smallest absolute Gasteiger partial charge is 0.227 e. The number of carbonyl (C=O) groups excluding carboxylic acids is 1. The minimum atomic E-state index is 0.0962. The molecule has 1 unspecified atom stereocenters. The standard InChI is InChI=1S/C18H18N4O/c19-21-20-12-16-11-18(23)22(13-16)17-8-6-15(7-9-17)10-14-4-2-1-3-5-14/h1-9,16H,10-13H2. The second-order valence-corrected chi connectivity index (χ2v) is 5.82. The number of nitrogens with zero attached hydrogens (tertiary/aromatic N) is 4. The lowest BCUT2D eigenvalue weighted by molar-refractivity contribution is -0.117. The normalized spacial score (nSPS) is 17.1. The van der Waals surface area contributed by atoms with Crippen LogP contribution in [0.2, 0.25) is 0 Å². The van der Waals surface area contributed by atoms with E-state index in [1.54, 1.807) is 4.90 Å². The third-order valence-corrected chi connectivity index (χ3v) is 4.11. The molecule has 0 N–H and O–H groups in total. The molecule has 0 aliphatic carbocycles. The van der Waals surface area contributed by atoms with Crippen LogP contribution in [-0.4, -0.2) is 19.0 Å². The van der Waals surface area contributed by atoms with Crippen LogP contribution < -0.4 is 4.90 Å². The number of benzene rings is 2. The van der Waals surface area contributed by atoms with Crippen LogP contribution >= 0.6 is 0 Å². The maximum atomic E-state index is 12.1. The largest absolute Gasteiger partial charge is 0.312 e. The second kappa shape index (κ2) is 6.99. The highest BCUT2D eigenvalue weighted by Gasteiger charge is 2.29. The summed E-state index contributed by atoms with van der Waals surface area (Å²) in [5, 5.41) is 3.58. The van der Waals surface area contributed by atoms with Crippen molar-refractivity contribution in [2.75, 3.05) is 18.0 Å². The average Bonchev–Trinajstić information content (AvgIpc) is 2.95. The van der Waals surface area contributed by atoms with Gasteiger partial charge in [-0.1, -0.05) is 47.6 Å². The van der Waals surface area contributed by atoms with Crippen LogP contribution in [0.25, 0.3) is 10.4 Å². The third-order valence-electron chi connectivity index (χ3n) is 4.11. The first-order valence-corrected chi connectivity index (χ1v) is 7.70. The van der Waals surface area contributed by atoms with Gasteiger partial charge in [-0.05, 0) is 41.1 Å². The Labute approximate surface area is 135 Å². The van der Waals surface area contributed by atoms with Crippen molar-refractivity contribution in [1.29, 1.82) is 0 Å². The summed E-state index contributed by atoms with van der Waals surface area (Å²) in [4.78, 5) is 16.7. The van der Waals surface area contributed by atoms with E-state index in [-0.39, 0.29) is 11.8 Å². The first-order chi connectivity index (χ1) is 11.3. The van der Waals surface area contributed by atoms with Crippen molar-refractivity contribution in [2.45, 2.75) is 12.8 Å². The lowest BCUT2D eigenvalue weighted by atomic mass is 10.0. The van der Waals surface area contributed by atoms with Gasteiger partial charge in [0.2, 0.25) is 5.91 Å². The molecule has 5 nitrogen and oxygen atoms in total. The Bertz CT molecular complexity index is 720. The fourth-order valence-electron chi connectivity index (χ4n) is 2.93. The quantitative estimate of drug-likeness (QED) is 0.468. The van der Waals surface area contributed by atoms with Gasteiger partial charge in [0, 0.05) is 30.1 Å². The minimum Gasteiger partial charge on any atom is -0.312 e. The molecule has 0 aromatic heterocycles. The predicted molar refractivity (Wildman–Crippen MR) is 90.2 cm³/mol. The molecule has 2 aromatic carbocycles. The Balaban J connectivity index is 1.67.